The van der Waals surface area contributed by atoms with Crippen molar-refractivity contribution in [1.82, 2.24) is 0 Å². The Morgan fingerprint density at radius 3 is 2.35 bits per heavy atom. The summed E-state index contributed by atoms with van der Waals surface area (Å²) in [5, 5.41) is 0. The van der Waals surface area contributed by atoms with Gasteiger partial charge in [0.2, 0.25) is 0 Å². The number of aryl methyl sites for hydroxylation is 1. The molecule has 0 amide bonds. The Bertz CT molecular complexity index is 391. The average molecular weight is 270 g/mol. The fraction of sp³-hybridized carbons (Fsp3) is 0.600. The van der Waals surface area contributed by atoms with E-state index in [1.54, 1.807) is 5.56 Å². The van der Waals surface area contributed by atoms with Gasteiger partial charge in [0.1, 0.15) is 0 Å². The fourth-order valence-electron chi connectivity index (χ4n) is 3.57. The van der Waals surface area contributed by atoms with E-state index < -0.39 is 0 Å². The Morgan fingerprint density at radius 2 is 1.75 bits per heavy atom. The molecule has 20 heavy (non-hydrogen) atoms. The van der Waals surface area contributed by atoms with Gasteiger partial charge in [-0.25, -0.2) is 0 Å². The quantitative estimate of drug-likeness (QED) is 0.534. The summed E-state index contributed by atoms with van der Waals surface area (Å²) in [5.74, 6) is 1.84. The van der Waals surface area contributed by atoms with E-state index in [-0.39, 0.29) is 0 Å². The van der Waals surface area contributed by atoms with Crippen molar-refractivity contribution >= 4 is 0 Å². The number of hydrogen-bond acceptors (Lipinski definition) is 0. The summed E-state index contributed by atoms with van der Waals surface area (Å²) in [7, 11) is 0. The zero-order valence-corrected chi connectivity index (χ0v) is 13.3. The minimum atomic E-state index is 0.827. The van der Waals surface area contributed by atoms with Crippen LogP contribution in [0.4, 0.5) is 0 Å². The molecular formula is C20H30. The highest BCUT2D eigenvalue weighted by molar-refractivity contribution is 5.26. The van der Waals surface area contributed by atoms with E-state index in [2.05, 4.69) is 50.3 Å². The molecule has 0 spiro atoms. The van der Waals surface area contributed by atoms with Gasteiger partial charge in [-0.15, -0.1) is 0 Å². The molecule has 1 aromatic carbocycles. The Morgan fingerprint density at radius 1 is 1.05 bits per heavy atom. The standard InChI is InChI=1S/C20H30/c1-3-5-6-8-18-11-15-20(16-12-18)19-13-9-17(7-4-2)10-14-19/h3,5,11-12,15-17,19H,4,6-10,13-14H2,1-2H3/b5-3+/t17-,19-. The Balaban J connectivity index is 1.84. The van der Waals surface area contributed by atoms with Crippen molar-refractivity contribution < 1.29 is 0 Å². The first-order valence-electron chi connectivity index (χ1n) is 8.53. The molecule has 0 aromatic heterocycles. The highest BCUT2D eigenvalue weighted by atomic mass is 14.3. The summed E-state index contributed by atoms with van der Waals surface area (Å²) >= 11 is 0. The second-order valence-corrected chi connectivity index (χ2v) is 6.36. The minimum Gasteiger partial charge on any atom is -0.0917 e. The Labute approximate surface area is 125 Å². The highest BCUT2D eigenvalue weighted by Gasteiger charge is 2.21. The van der Waals surface area contributed by atoms with Crippen molar-refractivity contribution in [2.24, 2.45) is 5.92 Å². The molecule has 110 valence electrons. The van der Waals surface area contributed by atoms with Gasteiger partial charge < -0.3 is 0 Å². The highest BCUT2D eigenvalue weighted by Crippen LogP contribution is 2.37. The summed E-state index contributed by atoms with van der Waals surface area (Å²) < 4.78 is 0. The summed E-state index contributed by atoms with van der Waals surface area (Å²) in [6.45, 7) is 4.41. The molecule has 0 unspecified atom stereocenters. The third-order valence-electron chi connectivity index (χ3n) is 4.83. The molecule has 1 aliphatic carbocycles. The maximum absolute atomic E-state index is 2.38. The first kappa shape index (κ1) is 15.4. The van der Waals surface area contributed by atoms with Gasteiger partial charge in [-0.1, -0.05) is 56.2 Å². The molecule has 0 radical (unpaired) electrons. The van der Waals surface area contributed by atoms with E-state index in [0.29, 0.717) is 0 Å². The van der Waals surface area contributed by atoms with Crippen LogP contribution in [0.1, 0.15) is 75.8 Å². The Kier molecular flexibility index (Phi) is 6.36. The van der Waals surface area contributed by atoms with Crippen LogP contribution in [-0.4, -0.2) is 0 Å². The van der Waals surface area contributed by atoms with Crippen LogP contribution in [0.25, 0.3) is 0 Å². The average Bonchev–Trinajstić information content (AvgIpc) is 2.49. The van der Waals surface area contributed by atoms with Crippen LogP contribution >= 0.6 is 0 Å². The smallest absolute Gasteiger partial charge is 0.0162 e. The van der Waals surface area contributed by atoms with Crippen LogP contribution < -0.4 is 0 Å². The van der Waals surface area contributed by atoms with Gasteiger partial charge in [0.05, 0.1) is 0 Å². The van der Waals surface area contributed by atoms with E-state index in [9.17, 15) is 0 Å². The van der Waals surface area contributed by atoms with Crippen LogP contribution in [-0.2, 0) is 6.42 Å². The molecule has 1 aliphatic rings. The van der Waals surface area contributed by atoms with Gasteiger partial charge in [-0.3, -0.25) is 0 Å². The predicted octanol–water partition coefficient (Wildman–Crippen LogP) is 6.27. The molecule has 0 bridgehead atoms. The SMILES string of the molecule is C/C=C/CCc1ccc([C@H]2CC[C@H](CCC)CC2)cc1. The van der Waals surface area contributed by atoms with Gasteiger partial charge in [-0.05, 0) is 68.4 Å². The van der Waals surface area contributed by atoms with Gasteiger partial charge in [0.25, 0.3) is 0 Å². The molecule has 1 saturated carbocycles. The summed E-state index contributed by atoms with van der Waals surface area (Å²) in [6, 6.07) is 9.46. The molecule has 1 aromatic rings. The fourth-order valence-corrected chi connectivity index (χ4v) is 3.57. The number of benzene rings is 1. The van der Waals surface area contributed by atoms with Crippen LogP contribution in [0.5, 0.6) is 0 Å². The molecule has 0 nitrogen and oxygen atoms in total. The van der Waals surface area contributed by atoms with E-state index in [4.69, 9.17) is 0 Å². The second kappa shape index (κ2) is 8.29. The minimum absolute atomic E-state index is 0.827. The zero-order valence-electron chi connectivity index (χ0n) is 13.3. The lowest BCUT2D eigenvalue weighted by Gasteiger charge is -2.28. The van der Waals surface area contributed by atoms with Crippen LogP contribution in [0.2, 0.25) is 0 Å². The third-order valence-corrected chi connectivity index (χ3v) is 4.83. The monoisotopic (exact) mass is 270 g/mol. The lowest BCUT2D eigenvalue weighted by molar-refractivity contribution is 0.308. The molecule has 1 fully saturated rings. The maximum atomic E-state index is 2.38. The van der Waals surface area contributed by atoms with Crippen molar-refractivity contribution in [3.05, 3.63) is 47.5 Å². The molecule has 0 atom stereocenters. The normalized spacial score (nSPS) is 23.3. The Hall–Kier alpha value is -1.04. The molecule has 2 rings (SSSR count). The van der Waals surface area contributed by atoms with Gasteiger partial charge in [0, 0.05) is 0 Å². The molecular weight excluding hydrogens is 240 g/mol. The molecule has 0 N–H and O–H groups in total. The zero-order chi connectivity index (χ0) is 14.2. The number of rotatable bonds is 6. The van der Waals surface area contributed by atoms with E-state index in [1.807, 2.05) is 0 Å². The largest absolute Gasteiger partial charge is 0.0917 e. The molecule has 0 aliphatic heterocycles. The van der Waals surface area contributed by atoms with Gasteiger partial charge in [0.15, 0.2) is 0 Å². The van der Waals surface area contributed by atoms with Crippen LogP contribution in [0.3, 0.4) is 0 Å². The van der Waals surface area contributed by atoms with Crippen molar-refractivity contribution in [3.63, 3.8) is 0 Å². The summed E-state index contributed by atoms with van der Waals surface area (Å²) in [4.78, 5) is 0. The van der Waals surface area contributed by atoms with Crippen molar-refractivity contribution in [3.8, 4) is 0 Å². The molecule has 0 heterocycles. The number of allylic oxidation sites excluding steroid dienone is 2. The van der Waals surface area contributed by atoms with Crippen molar-refractivity contribution in [2.75, 3.05) is 0 Å². The second-order valence-electron chi connectivity index (χ2n) is 6.36. The lowest BCUT2D eigenvalue weighted by atomic mass is 9.77. The lowest BCUT2D eigenvalue weighted by Crippen LogP contribution is -2.13. The topological polar surface area (TPSA) is 0 Å². The maximum Gasteiger partial charge on any atom is -0.0162 e. The predicted molar refractivity (Wildman–Crippen MR) is 89.2 cm³/mol. The van der Waals surface area contributed by atoms with Crippen LogP contribution in [0, 0.1) is 5.92 Å². The van der Waals surface area contributed by atoms with Gasteiger partial charge in [-0.2, -0.15) is 0 Å². The van der Waals surface area contributed by atoms with E-state index >= 15 is 0 Å². The van der Waals surface area contributed by atoms with E-state index in [0.717, 1.165) is 18.3 Å². The van der Waals surface area contributed by atoms with Gasteiger partial charge >= 0.3 is 0 Å². The third kappa shape index (κ3) is 4.51. The van der Waals surface area contributed by atoms with Crippen LogP contribution in [0.15, 0.2) is 36.4 Å². The molecule has 0 heteroatoms. The number of hydrogen-bond donors (Lipinski definition) is 0. The summed E-state index contributed by atoms with van der Waals surface area (Å²) in [6.07, 6.45) is 15.2. The first-order valence-corrected chi connectivity index (χ1v) is 8.53. The first-order chi connectivity index (χ1) is 9.83. The summed E-state index contributed by atoms with van der Waals surface area (Å²) in [5.41, 5.74) is 3.06. The van der Waals surface area contributed by atoms with Crippen molar-refractivity contribution in [2.45, 2.75) is 71.1 Å². The molecule has 0 saturated heterocycles. The van der Waals surface area contributed by atoms with Crippen molar-refractivity contribution in [1.29, 1.82) is 0 Å². The van der Waals surface area contributed by atoms with E-state index in [1.165, 1.54) is 50.5 Å².